The summed E-state index contributed by atoms with van der Waals surface area (Å²) in [4.78, 5) is 22.6. The lowest BCUT2D eigenvalue weighted by atomic mass is 9.86. The van der Waals surface area contributed by atoms with E-state index in [1.165, 1.54) is 26.4 Å². The van der Waals surface area contributed by atoms with Crippen LogP contribution in [0.25, 0.3) is 0 Å². The molecule has 5 heteroatoms. The fraction of sp³-hybridized carbons (Fsp3) is 0.857. The molecule has 0 aromatic heterocycles. The van der Waals surface area contributed by atoms with E-state index in [4.69, 9.17) is 0 Å². The fourth-order valence-electron chi connectivity index (χ4n) is 2.45. The van der Waals surface area contributed by atoms with Gasteiger partial charge in [0.2, 0.25) is 0 Å². The summed E-state index contributed by atoms with van der Waals surface area (Å²) >= 11 is 0. The van der Waals surface area contributed by atoms with Crippen LogP contribution < -0.4 is 10.6 Å². The third-order valence-electron chi connectivity index (χ3n) is 3.75. The third-order valence-corrected chi connectivity index (χ3v) is 3.75. The molecular formula is C14H26N2O3. The molecule has 0 heterocycles. The molecular weight excluding hydrogens is 244 g/mol. The monoisotopic (exact) mass is 270 g/mol. The van der Waals surface area contributed by atoms with Crippen molar-refractivity contribution in [2.75, 3.05) is 13.7 Å². The van der Waals surface area contributed by atoms with Gasteiger partial charge in [-0.25, -0.2) is 4.79 Å². The second-order valence-electron chi connectivity index (χ2n) is 5.30. The highest BCUT2D eigenvalue weighted by Crippen LogP contribution is 2.23. The lowest BCUT2D eigenvalue weighted by molar-refractivity contribution is -0.140. The molecule has 1 saturated carbocycles. The molecule has 1 fully saturated rings. The molecule has 0 aliphatic heterocycles. The summed E-state index contributed by atoms with van der Waals surface area (Å²) in [5.41, 5.74) is 0. The molecule has 0 radical (unpaired) electrons. The first-order chi connectivity index (χ1) is 9.13. The van der Waals surface area contributed by atoms with Crippen molar-refractivity contribution in [1.82, 2.24) is 10.6 Å². The summed E-state index contributed by atoms with van der Waals surface area (Å²) in [5.74, 6) is 0.374. The summed E-state index contributed by atoms with van der Waals surface area (Å²) in [5, 5.41) is 5.88. The van der Waals surface area contributed by atoms with Gasteiger partial charge in [-0.05, 0) is 31.6 Å². The number of hydrogen-bond acceptors (Lipinski definition) is 3. The molecule has 1 aliphatic rings. The van der Waals surface area contributed by atoms with Gasteiger partial charge in [0, 0.05) is 19.0 Å². The zero-order chi connectivity index (χ0) is 14.1. The second kappa shape index (κ2) is 8.77. The minimum atomic E-state index is -0.194. The molecule has 0 spiro atoms. The number of carbonyl (C=O) groups is 2. The third kappa shape index (κ3) is 6.45. The molecule has 1 rings (SSSR count). The maximum absolute atomic E-state index is 11.7. The van der Waals surface area contributed by atoms with Gasteiger partial charge < -0.3 is 15.4 Å². The van der Waals surface area contributed by atoms with Crippen molar-refractivity contribution in [3.8, 4) is 0 Å². The van der Waals surface area contributed by atoms with Crippen molar-refractivity contribution in [3.63, 3.8) is 0 Å². The number of ether oxygens (including phenoxy) is 1. The minimum absolute atomic E-state index is 0.0863. The molecule has 2 atom stereocenters. The highest BCUT2D eigenvalue weighted by atomic mass is 16.5. The van der Waals surface area contributed by atoms with Gasteiger partial charge >= 0.3 is 12.0 Å². The van der Waals surface area contributed by atoms with E-state index in [-0.39, 0.29) is 12.0 Å². The predicted octanol–water partition coefficient (Wildman–Crippen LogP) is 2.21. The van der Waals surface area contributed by atoms with E-state index in [2.05, 4.69) is 22.3 Å². The molecule has 110 valence electrons. The summed E-state index contributed by atoms with van der Waals surface area (Å²) in [6.45, 7) is 2.80. The van der Waals surface area contributed by atoms with Gasteiger partial charge in [0.05, 0.1) is 7.11 Å². The summed E-state index contributed by atoms with van der Waals surface area (Å²) in [6.07, 6.45) is 6.71. The van der Waals surface area contributed by atoms with Gasteiger partial charge in [0.1, 0.15) is 0 Å². The Kier molecular flexibility index (Phi) is 7.30. The van der Waals surface area contributed by atoms with Crippen LogP contribution in [0.15, 0.2) is 0 Å². The number of hydrogen-bond donors (Lipinski definition) is 2. The number of rotatable bonds is 6. The van der Waals surface area contributed by atoms with Crippen LogP contribution in [0, 0.1) is 5.92 Å². The van der Waals surface area contributed by atoms with Crippen molar-refractivity contribution in [2.45, 2.75) is 57.9 Å². The van der Waals surface area contributed by atoms with Gasteiger partial charge in [-0.15, -0.1) is 0 Å². The standard InChI is InChI=1S/C14H26N2O3/c1-11-7-3-4-8-12(11)16-14(18)15-10-6-5-9-13(17)19-2/h11-12H,3-10H2,1-2H3,(H2,15,16,18). The van der Waals surface area contributed by atoms with Crippen LogP contribution in [0.4, 0.5) is 4.79 Å². The maximum atomic E-state index is 11.7. The highest BCUT2D eigenvalue weighted by Gasteiger charge is 2.22. The van der Waals surface area contributed by atoms with E-state index in [1.54, 1.807) is 0 Å². The number of methoxy groups -OCH3 is 1. The highest BCUT2D eigenvalue weighted by molar-refractivity contribution is 5.74. The van der Waals surface area contributed by atoms with Crippen molar-refractivity contribution in [2.24, 2.45) is 5.92 Å². The second-order valence-corrected chi connectivity index (χ2v) is 5.30. The first-order valence-electron chi connectivity index (χ1n) is 7.24. The Bertz CT molecular complexity index is 294. The summed E-state index contributed by atoms with van der Waals surface area (Å²) in [6, 6.07) is 0.223. The fourth-order valence-corrected chi connectivity index (χ4v) is 2.45. The Morgan fingerprint density at radius 2 is 1.95 bits per heavy atom. The Morgan fingerprint density at radius 3 is 2.63 bits per heavy atom. The van der Waals surface area contributed by atoms with Crippen LogP contribution in [0.3, 0.4) is 0 Å². The normalized spacial score (nSPS) is 22.6. The SMILES string of the molecule is COC(=O)CCCCNC(=O)NC1CCCCC1C. The molecule has 2 unspecified atom stereocenters. The van der Waals surface area contributed by atoms with Crippen molar-refractivity contribution in [3.05, 3.63) is 0 Å². The Hall–Kier alpha value is -1.26. The van der Waals surface area contributed by atoms with Gasteiger partial charge in [-0.1, -0.05) is 19.8 Å². The molecule has 0 bridgehead atoms. The average molecular weight is 270 g/mol. The zero-order valence-electron chi connectivity index (χ0n) is 12.0. The Morgan fingerprint density at radius 1 is 1.21 bits per heavy atom. The number of carbonyl (C=O) groups excluding carboxylic acids is 2. The van der Waals surface area contributed by atoms with Crippen LogP contribution >= 0.6 is 0 Å². The van der Waals surface area contributed by atoms with Crippen molar-refractivity contribution < 1.29 is 14.3 Å². The van der Waals surface area contributed by atoms with Gasteiger partial charge in [-0.3, -0.25) is 4.79 Å². The lowest BCUT2D eigenvalue weighted by Crippen LogP contribution is -2.46. The first kappa shape index (κ1) is 15.8. The quantitative estimate of drug-likeness (QED) is 0.574. The van der Waals surface area contributed by atoms with E-state index in [0.717, 1.165) is 19.3 Å². The van der Waals surface area contributed by atoms with Crippen LogP contribution in [0.5, 0.6) is 0 Å². The first-order valence-corrected chi connectivity index (χ1v) is 7.24. The smallest absolute Gasteiger partial charge is 0.315 e. The van der Waals surface area contributed by atoms with E-state index in [9.17, 15) is 9.59 Å². The van der Waals surface area contributed by atoms with E-state index in [1.807, 2.05) is 0 Å². The zero-order valence-corrected chi connectivity index (χ0v) is 12.0. The molecule has 0 aromatic rings. The molecule has 5 nitrogen and oxygen atoms in total. The Labute approximate surface area is 115 Å². The van der Waals surface area contributed by atoms with Gasteiger partial charge in [-0.2, -0.15) is 0 Å². The van der Waals surface area contributed by atoms with Crippen LogP contribution in [0.2, 0.25) is 0 Å². The minimum Gasteiger partial charge on any atom is -0.469 e. The average Bonchev–Trinajstić information content (AvgIpc) is 2.40. The summed E-state index contributed by atoms with van der Waals surface area (Å²) < 4.78 is 4.55. The number of esters is 1. The topological polar surface area (TPSA) is 67.4 Å². The number of nitrogens with one attached hydrogen (secondary N) is 2. The summed E-state index contributed by atoms with van der Waals surface area (Å²) in [7, 11) is 1.39. The molecule has 0 saturated heterocycles. The maximum Gasteiger partial charge on any atom is 0.315 e. The van der Waals surface area contributed by atoms with E-state index < -0.39 is 0 Å². The largest absolute Gasteiger partial charge is 0.469 e. The van der Waals surface area contributed by atoms with Crippen LogP contribution in [-0.4, -0.2) is 31.7 Å². The van der Waals surface area contributed by atoms with Crippen molar-refractivity contribution in [1.29, 1.82) is 0 Å². The van der Waals surface area contributed by atoms with Gasteiger partial charge in [0.25, 0.3) is 0 Å². The van der Waals surface area contributed by atoms with Crippen LogP contribution in [-0.2, 0) is 9.53 Å². The molecule has 0 aromatic carbocycles. The molecule has 19 heavy (non-hydrogen) atoms. The van der Waals surface area contributed by atoms with Crippen molar-refractivity contribution >= 4 is 12.0 Å². The van der Waals surface area contributed by atoms with Gasteiger partial charge in [0.15, 0.2) is 0 Å². The number of unbranched alkanes of at least 4 members (excludes halogenated alkanes) is 1. The Balaban J connectivity index is 2.06. The molecule has 2 N–H and O–H groups in total. The van der Waals surface area contributed by atoms with E-state index in [0.29, 0.717) is 24.9 Å². The lowest BCUT2D eigenvalue weighted by Gasteiger charge is -2.29. The number of urea groups is 1. The molecule has 1 aliphatic carbocycles. The van der Waals surface area contributed by atoms with E-state index >= 15 is 0 Å². The number of amides is 2. The predicted molar refractivity (Wildman–Crippen MR) is 73.8 cm³/mol. The van der Waals surface area contributed by atoms with Crippen LogP contribution in [0.1, 0.15) is 51.9 Å². The molecule has 2 amide bonds.